The zero-order valence-corrected chi connectivity index (χ0v) is 17.4. The largest absolute Gasteiger partial charge is 0.490 e. The Labute approximate surface area is 177 Å². The van der Waals surface area contributed by atoms with Crippen molar-refractivity contribution in [3.05, 3.63) is 71.3 Å². The molecule has 3 aromatic rings. The molecule has 0 aliphatic carbocycles. The fraction of sp³-hybridized carbons (Fsp3) is 0.308. The van der Waals surface area contributed by atoms with Gasteiger partial charge in [-0.05, 0) is 37.0 Å². The minimum Gasteiger partial charge on any atom is -0.490 e. The molecule has 0 bridgehead atoms. The molecule has 0 saturated carbocycles. The van der Waals surface area contributed by atoms with Crippen LogP contribution in [0.15, 0.2) is 54.6 Å². The van der Waals surface area contributed by atoms with Crippen molar-refractivity contribution in [1.82, 2.24) is 0 Å². The van der Waals surface area contributed by atoms with E-state index >= 15 is 0 Å². The fourth-order valence-corrected chi connectivity index (χ4v) is 3.93. The van der Waals surface area contributed by atoms with Crippen LogP contribution in [0.2, 0.25) is 0 Å². The van der Waals surface area contributed by atoms with Gasteiger partial charge in [0, 0.05) is 17.0 Å². The number of ether oxygens (including phenoxy) is 4. The highest BCUT2D eigenvalue weighted by Gasteiger charge is 2.38. The van der Waals surface area contributed by atoms with Crippen molar-refractivity contribution in [3.63, 3.8) is 0 Å². The maximum Gasteiger partial charge on any atom is 0.212 e. The highest BCUT2D eigenvalue weighted by atomic mass is 16.6. The quantitative estimate of drug-likeness (QED) is 0.240. The second kappa shape index (κ2) is 7.94. The van der Waals surface area contributed by atoms with Gasteiger partial charge < -0.3 is 18.9 Å². The lowest BCUT2D eigenvalue weighted by Gasteiger charge is -2.16. The number of rotatable bonds is 10. The van der Waals surface area contributed by atoms with E-state index in [9.17, 15) is 0 Å². The Balaban J connectivity index is 1.49. The van der Waals surface area contributed by atoms with Gasteiger partial charge in [-0.25, -0.2) is 0 Å². The van der Waals surface area contributed by atoms with Crippen LogP contribution in [0.3, 0.4) is 0 Å². The summed E-state index contributed by atoms with van der Waals surface area (Å²) in [6.45, 7) is 5.60. The molecule has 0 aromatic heterocycles. The van der Waals surface area contributed by atoms with E-state index in [0.29, 0.717) is 13.2 Å². The van der Waals surface area contributed by atoms with Crippen LogP contribution in [0.4, 0.5) is 0 Å². The van der Waals surface area contributed by atoms with Crippen molar-refractivity contribution in [2.24, 2.45) is 0 Å². The molecule has 0 saturated heterocycles. The van der Waals surface area contributed by atoms with E-state index in [2.05, 4.69) is 50.2 Å². The summed E-state index contributed by atoms with van der Waals surface area (Å²) in [6, 6.07) is 18.9. The topological polar surface area (TPSA) is 43.5 Å². The van der Waals surface area contributed by atoms with Crippen molar-refractivity contribution < 1.29 is 18.9 Å². The highest BCUT2D eigenvalue weighted by Crippen LogP contribution is 2.62. The van der Waals surface area contributed by atoms with E-state index in [1.165, 1.54) is 16.7 Å². The molecule has 2 aliphatic heterocycles. The standard InChI is InChI=1S/C26H26O4/c1-3-14-27-21-12-10-18(23-25(21)29-23)20(16-17-8-6-5-7-9-17)19-11-13-22(28-15-4-2)26-24(19)30-26/h5-13,20H,3-4,14-16H2,1-2H3. The molecule has 0 N–H and O–H groups in total. The summed E-state index contributed by atoms with van der Waals surface area (Å²) in [5.74, 6) is 5.47. The molecule has 0 unspecified atom stereocenters. The van der Waals surface area contributed by atoms with E-state index in [4.69, 9.17) is 18.9 Å². The summed E-state index contributed by atoms with van der Waals surface area (Å²) in [6.07, 6.45) is 2.82. The minimum absolute atomic E-state index is 0.139. The Morgan fingerprint density at radius 1 is 0.667 bits per heavy atom. The van der Waals surface area contributed by atoms with E-state index in [-0.39, 0.29) is 5.92 Å². The van der Waals surface area contributed by atoms with Crippen LogP contribution in [-0.4, -0.2) is 13.2 Å². The maximum atomic E-state index is 5.88. The summed E-state index contributed by atoms with van der Waals surface area (Å²) in [7, 11) is 0. The Kier molecular flexibility index (Phi) is 4.99. The number of benzene rings is 3. The second-order valence-corrected chi connectivity index (χ2v) is 7.77. The third kappa shape index (κ3) is 3.58. The Bertz CT molecular complexity index is 993. The first-order valence-electron chi connectivity index (χ1n) is 10.8. The molecule has 30 heavy (non-hydrogen) atoms. The lowest BCUT2D eigenvalue weighted by molar-refractivity contribution is 0.314. The first-order valence-corrected chi connectivity index (χ1v) is 10.8. The van der Waals surface area contributed by atoms with Crippen LogP contribution in [-0.2, 0) is 6.42 Å². The van der Waals surface area contributed by atoms with Gasteiger partial charge in [0.25, 0.3) is 0 Å². The fourth-order valence-electron chi connectivity index (χ4n) is 3.93. The predicted molar refractivity (Wildman–Crippen MR) is 117 cm³/mol. The van der Waals surface area contributed by atoms with Crippen LogP contribution in [0.5, 0.6) is 34.5 Å². The number of hydrogen-bond donors (Lipinski definition) is 0. The lowest BCUT2D eigenvalue weighted by Crippen LogP contribution is -2.04. The zero-order chi connectivity index (χ0) is 20.5. The third-order valence-electron chi connectivity index (χ3n) is 5.49. The van der Waals surface area contributed by atoms with Gasteiger partial charge >= 0.3 is 0 Å². The molecule has 3 aromatic carbocycles. The third-order valence-corrected chi connectivity index (χ3v) is 5.49. The molecule has 0 amide bonds. The van der Waals surface area contributed by atoms with Crippen LogP contribution in [0.25, 0.3) is 0 Å². The Morgan fingerprint density at radius 2 is 1.20 bits per heavy atom. The molecule has 154 valence electrons. The van der Waals surface area contributed by atoms with Crippen LogP contribution in [0.1, 0.15) is 49.3 Å². The van der Waals surface area contributed by atoms with E-state index in [1.807, 2.05) is 18.2 Å². The second-order valence-electron chi connectivity index (χ2n) is 7.77. The van der Waals surface area contributed by atoms with Gasteiger partial charge in [-0.15, -0.1) is 0 Å². The maximum absolute atomic E-state index is 5.88. The highest BCUT2D eigenvalue weighted by molar-refractivity contribution is 5.72. The van der Waals surface area contributed by atoms with Crippen molar-refractivity contribution in [3.8, 4) is 34.5 Å². The molecule has 5 rings (SSSR count). The van der Waals surface area contributed by atoms with Crippen LogP contribution >= 0.6 is 0 Å². The molecule has 4 heteroatoms. The average Bonchev–Trinajstić information content (AvgIpc) is 3.68. The van der Waals surface area contributed by atoms with Crippen molar-refractivity contribution in [2.45, 2.75) is 39.0 Å². The molecule has 2 aliphatic rings. The smallest absolute Gasteiger partial charge is 0.212 e. The van der Waals surface area contributed by atoms with Crippen molar-refractivity contribution >= 4 is 0 Å². The SMILES string of the molecule is CCCOc1ccc(C(Cc2ccccc2)c2ccc(OCCC)c3c2O3)c2c1O2. The molecule has 4 nitrogen and oxygen atoms in total. The van der Waals surface area contributed by atoms with Gasteiger partial charge in [0.05, 0.1) is 13.2 Å². The van der Waals surface area contributed by atoms with Crippen LogP contribution in [0, 0.1) is 0 Å². The van der Waals surface area contributed by atoms with Crippen molar-refractivity contribution in [2.75, 3.05) is 13.2 Å². The lowest BCUT2D eigenvalue weighted by atomic mass is 9.85. The summed E-state index contributed by atoms with van der Waals surface area (Å²) in [5.41, 5.74) is 3.64. The molecule has 0 atom stereocenters. The monoisotopic (exact) mass is 402 g/mol. The van der Waals surface area contributed by atoms with Gasteiger partial charge in [-0.1, -0.05) is 56.3 Å². The Hall–Kier alpha value is -3.14. The first kappa shape index (κ1) is 18.9. The summed E-state index contributed by atoms with van der Waals surface area (Å²) in [5, 5.41) is 0. The van der Waals surface area contributed by atoms with Gasteiger partial charge in [0.15, 0.2) is 23.0 Å². The van der Waals surface area contributed by atoms with Crippen LogP contribution < -0.4 is 18.9 Å². The molecule has 2 heterocycles. The average molecular weight is 402 g/mol. The van der Waals surface area contributed by atoms with E-state index < -0.39 is 0 Å². The Morgan fingerprint density at radius 3 is 1.70 bits per heavy atom. The minimum atomic E-state index is 0.139. The zero-order valence-electron chi connectivity index (χ0n) is 17.4. The first-order chi connectivity index (χ1) is 14.8. The van der Waals surface area contributed by atoms with Crippen molar-refractivity contribution in [1.29, 1.82) is 0 Å². The number of fused-ring (bicyclic) bond motifs is 2. The molecular weight excluding hydrogens is 376 g/mol. The molecule has 0 fully saturated rings. The molecule has 0 spiro atoms. The summed E-state index contributed by atoms with van der Waals surface area (Å²) < 4.78 is 23.4. The number of hydrogen-bond acceptors (Lipinski definition) is 4. The molecule has 0 radical (unpaired) electrons. The van der Waals surface area contributed by atoms with Gasteiger partial charge in [-0.3, -0.25) is 0 Å². The summed E-state index contributed by atoms with van der Waals surface area (Å²) >= 11 is 0. The van der Waals surface area contributed by atoms with E-state index in [0.717, 1.165) is 53.8 Å². The van der Waals surface area contributed by atoms with Gasteiger partial charge in [0.2, 0.25) is 11.5 Å². The summed E-state index contributed by atoms with van der Waals surface area (Å²) in [4.78, 5) is 0. The van der Waals surface area contributed by atoms with Gasteiger partial charge in [0.1, 0.15) is 0 Å². The van der Waals surface area contributed by atoms with Gasteiger partial charge in [-0.2, -0.15) is 0 Å². The molecular formula is C26H26O4. The normalized spacial score (nSPS) is 12.5. The van der Waals surface area contributed by atoms with E-state index in [1.54, 1.807) is 0 Å². The predicted octanol–water partition coefficient (Wildman–Crippen LogP) is 6.85.